The number of amides is 1. The van der Waals surface area contributed by atoms with Crippen LogP contribution in [0.4, 0.5) is 13.2 Å². The van der Waals surface area contributed by atoms with Gasteiger partial charge in [-0.2, -0.15) is 13.2 Å². The van der Waals surface area contributed by atoms with Crippen LogP contribution in [0.2, 0.25) is 0 Å². The van der Waals surface area contributed by atoms with Crippen molar-refractivity contribution in [1.82, 2.24) is 4.90 Å². The van der Waals surface area contributed by atoms with Crippen LogP contribution < -0.4 is 5.73 Å². The highest BCUT2D eigenvalue weighted by molar-refractivity contribution is 5.77. The fraction of sp³-hybridized carbons (Fsp3) is 0.917. The second kappa shape index (κ2) is 6.41. The third kappa shape index (κ3) is 6.83. The summed E-state index contributed by atoms with van der Waals surface area (Å²) < 4.78 is 37.5. The molecule has 0 rings (SSSR count). The molecule has 0 aliphatic heterocycles. The van der Waals surface area contributed by atoms with Gasteiger partial charge >= 0.3 is 6.18 Å². The first kappa shape index (κ1) is 17.2. The Hall–Kier alpha value is -0.780. The monoisotopic (exact) mass is 268 g/mol. The standard InChI is InChI=1S/C12H23F3N2O/c1-5-9(6-2)17(8-12(13,14)15)10(18)7-11(3,4)16/h9H,5-8,16H2,1-4H3. The van der Waals surface area contributed by atoms with Crippen molar-refractivity contribution in [3.8, 4) is 0 Å². The molecule has 0 fully saturated rings. The normalized spacial score (nSPS) is 12.9. The maximum Gasteiger partial charge on any atom is 0.406 e. The summed E-state index contributed by atoms with van der Waals surface area (Å²) in [6.07, 6.45) is -3.46. The Bertz CT molecular complexity index is 267. The smallest absolute Gasteiger partial charge is 0.331 e. The summed E-state index contributed by atoms with van der Waals surface area (Å²) in [6, 6.07) is -0.388. The zero-order valence-electron chi connectivity index (χ0n) is 11.5. The van der Waals surface area contributed by atoms with Gasteiger partial charge in [0.15, 0.2) is 0 Å². The van der Waals surface area contributed by atoms with Crippen molar-refractivity contribution < 1.29 is 18.0 Å². The quantitative estimate of drug-likeness (QED) is 0.805. The fourth-order valence-corrected chi connectivity index (χ4v) is 1.83. The van der Waals surface area contributed by atoms with E-state index in [9.17, 15) is 18.0 Å². The Labute approximate surface area is 107 Å². The highest BCUT2D eigenvalue weighted by atomic mass is 19.4. The van der Waals surface area contributed by atoms with Gasteiger partial charge in [0.1, 0.15) is 6.54 Å². The lowest BCUT2D eigenvalue weighted by Gasteiger charge is -2.33. The lowest BCUT2D eigenvalue weighted by Crippen LogP contribution is -2.48. The van der Waals surface area contributed by atoms with Gasteiger partial charge in [0.25, 0.3) is 0 Å². The Kier molecular flexibility index (Phi) is 6.13. The number of hydrogen-bond donors (Lipinski definition) is 1. The summed E-state index contributed by atoms with van der Waals surface area (Å²) >= 11 is 0. The lowest BCUT2D eigenvalue weighted by molar-refractivity contribution is -0.166. The Balaban J connectivity index is 4.91. The van der Waals surface area contributed by atoms with Crippen molar-refractivity contribution >= 4 is 5.91 Å². The van der Waals surface area contributed by atoms with E-state index in [0.717, 1.165) is 4.90 Å². The Morgan fingerprint density at radius 2 is 1.67 bits per heavy atom. The number of halogens is 3. The third-order valence-electron chi connectivity index (χ3n) is 2.66. The molecule has 0 spiro atoms. The third-order valence-corrected chi connectivity index (χ3v) is 2.66. The van der Waals surface area contributed by atoms with E-state index in [1.165, 1.54) is 0 Å². The SMILES string of the molecule is CCC(CC)N(CC(F)(F)F)C(=O)CC(C)(C)N. The first-order valence-electron chi connectivity index (χ1n) is 6.15. The van der Waals surface area contributed by atoms with Crippen LogP contribution in [0.5, 0.6) is 0 Å². The van der Waals surface area contributed by atoms with Gasteiger partial charge in [-0.1, -0.05) is 13.8 Å². The molecule has 0 unspecified atom stereocenters. The number of carbonyl (C=O) groups excluding carboxylic acids is 1. The number of alkyl halides is 3. The fourth-order valence-electron chi connectivity index (χ4n) is 1.83. The van der Waals surface area contributed by atoms with Crippen molar-refractivity contribution in [2.75, 3.05) is 6.54 Å². The molecule has 0 saturated heterocycles. The second-order valence-corrected chi connectivity index (χ2v) is 5.27. The number of nitrogens with two attached hydrogens (primary N) is 1. The molecule has 0 aliphatic rings. The molecule has 0 aromatic heterocycles. The number of hydrogen-bond acceptors (Lipinski definition) is 2. The first-order chi connectivity index (χ1) is 8.00. The molecule has 0 aromatic rings. The first-order valence-corrected chi connectivity index (χ1v) is 6.15. The molecular formula is C12H23F3N2O. The van der Waals surface area contributed by atoms with E-state index in [1.54, 1.807) is 27.7 Å². The van der Waals surface area contributed by atoms with Crippen molar-refractivity contribution in [3.05, 3.63) is 0 Å². The summed E-state index contributed by atoms with van der Waals surface area (Å²) in [7, 11) is 0. The molecule has 0 heterocycles. The maximum absolute atomic E-state index is 12.5. The van der Waals surface area contributed by atoms with E-state index >= 15 is 0 Å². The Morgan fingerprint density at radius 1 is 1.22 bits per heavy atom. The lowest BCUT2D eigenvalue weighted by atomic mass is 10.00. The molecule has 1 amide bonds. The highest BCUT2D eigenvalue weighted by Gasteiger charge is 2.36. The van der Waals surface area contributed by atoms with Crippen LogP contribution in [0.15, 0.2) is 0 Å². The minimum atomic E-state index is -4.38. The molecular weight excluding hydrogens is 245 g/mol. The highest BCUT2D eigenvalue weighted by Crippen LogP contribution is 2.22. The summed E-state index contributed by atoms with van der Waals surface area (Å²) in [5.41, 5.74) is 4.89. The van der Waals surface area contributed by atoms with Gasteiger partial charge in [-0.3, -0.25) is 4.79 Å². The van der Waals surface area contributed by atoms with Gasteiger partial charge in [-0.15, -0.1) is 0 Å². The largest absolute Gasteiger partial charge is 0.406 e. The van der Waals surface area contributed by atoms with Crippen LogP contribution in [0.3, 0.4) is 0 Å². The van der Waals surface area contributed by atoms with Gasteiger partial charge in [0.05, 0.1) is 0 Å². The minimum Gasteiger partial charge on any atom is -0.331 e. The minimum absolute atomic E-state index is 0.0838. The molecule has 18 heavy (non-hydrogen) atoms. The van der Waals surface area contributed by atoms with Gasteiger partial charge in [0, 0.05) is 18.0 Å². The predicted molar refractivity (Wildman–Crippen MR) is 65.0 cm³/mol. The van der Waals surface area contributed by atoms with E-state index in [0.29, 0.717) is 12.8 Å². The van der Waals surface area contributed by atoms with Crippen molar-refractivity contribution in [3.63, 3.8) is 0 Å². The van der Waals surface area contributed by atoms with E-state index in [1.807, 2.05) is 0 Å². The molecule has 0 atom stereocenters. The van der Waals surface area contributed by atoms with Crippen LogP contribution in [0.25, 0.3) is 0 Å². The predicted octanol–water partition coefficient (Wildman–Crippen LogP) is 2.69. The van der Waals surface area contributed by atoms with Crippen molar-refractivity contribution in [2.24, 2.45) is 5.73 Å². The molecule has 108 valence electrons. The van der Waals surface area contributed by atoms with E-state index in [2.05, 4.69) is 0 Å². The molecule has 0 saturated carbocycles. The number of carbonyl (C=O) groups is 1. The van der Waals surface area contributed by atoms with Crippen LogP contribution >= 0.6 is 0 Å². The van der Waals surface area contributed by atoms with Crippen molar-refractivity contribution in [1.29, 1.82) is 0 Å². The summed E-state index contributed by atoms with van der Waals surface area (Å²) in [5, 5.41) is 0. The van der Waals surface area contributed by atoms with Gasteiger partial charge in [-0.25, -0.2) is 0 Å². The summed E-state index contributed by atoms with van der Waals surface area (Å²) in [6.45, 7) is 5.61. The molecule has 0 aromatic carbocycles. The average Bonchev–Trinajstić information content (AvgIpc) is 2.13. The van der Waals surface area contributed by atoms with Gasteiger partial charge < -0.3 is 10.6 Å². The molecule has 0 bridgehead atoms. The van der Waals surface area contributed by atoms with Gasteiger partial charge in [-0.05, 0) is 26.7 Å². The van der Waals surface area contributed by atoms with E-state index in [4.69, 9.17) is 5.73 Å². The molecule has 0 radical (unpaired) electrons. The van der Waals surface area contributed by atoms with Crippen LogP contribution in [0.1, 0.15) is 47.0 Å². The maximum atomic E-state index is 12.5. The molecule has 0 aliphatic carbocycles. The number of nitrogens with zero attached hydrogens (tertiary/aromatic N) is 1. The van der Waals surface area contributed by atoms with E-state index in [-0.39, 0.29) is 12.5 Å². The molecule has 3 nitrogen and oxygen atoms in total. The van der Waals surface area contributed by atoms with Crippen LogP contribution in [0, 0.1) is 0 Å². The van der Waals surface area contributed by atoms with Crippen LogP contribution in [-0.4, -0.2) is 35.1 Å². The van der Waals surface area contributed by atoms with Gasteiger partial charge in [0.2, 0.25) is 5.91 Å². The Morgan fingerprint density at radius 3 is 1.94 bits per heavy atom. The molecule has 2 N–H and O–H groups in total. The second-order valence-electron chi connectivity index (χ2n) is 5.27. The summed E-state index contributed by atoms with van der Waals surface area (Å²) in [5.74, 6) is -0.534. The number of rotatable bonds is 6. The van der Waals surface area contributed by atoms with Crippen molar-refractivity contribution in [2.45, 2.75) is 64.7 Å². The van der Waals surface area contributed by atoms with E-state index < -0.39 is 24.2 Å². The zero-order chi connectivity index (χ0) is 14.6. The zero-order valence-corrected chi connectivity index (χ0v) is 11.5. The van der Waals surface area contributed by atoms with Crippen LogP contribution in [-0.2, 0) is 4.79 Å². The topological polar surface area (TPSA) is 46.3 Å². The summed E-state index contributed by atoms with van der Waals surface area (Å²) in [4.78, 5) is 12.9. The average molecular weight is 268 g/mol. The molecule has 6 heteroatoms.